The molecule has 8 nitrogen and oxygen atoms in total. The number of nitrogens with one attached hydrogen (secondary N) is 1. The number of benzene rings is 3. The van der Waals surface area contributed by atoms with E-state index < -0.39 is 46.5 Å². The first-order valence-corrected chi connectivity index (χ1v) is 12.9. The van der Waals surface area contributed by atoms with Crippen LogP contribution in [0.4, 0.5) is 0 Å². The molecule has 10 heteroatoms. The van der Waals surface area contributed by atoms with Crippen LogP contribution < -0.4 is 4.72 Å². The first-order chi connectivity index (χ1) is 17.1. The summed E-state index contributed by atoms with van der Waals surface area (Å²) >= 11 is 6.00. The normalized spacial score (nSPS) is 15.9. The van der Waals surface area contributed by atoms with E-state index in [9.17, 15) is 22.8 Å². The van der Waals surface area contributed by atoms with Gasteiger partial charge < -0.3 is 4.74 Å². The minimum absolute atomic E-state index is 0.0296. The number of esters is 1. The Hall–Kier alpha value is -3.53. The fourth-order valence-corrected chi connectivity index (χ4v) is 5.32. The lowest BCUT2D eigenvalue weighted by Gasteiger charge is -2.26. The lowest BCUT2D eigenvalue weighted by atomic mass is 10.0. The zero-order chi connectivity index (χ0) is 26.0. The van der Waals surface area contributed by atoms with Gasteiger partial charge in [0.15, 0.2) is 0 Å². The van der Waals surface area contributed by atoms with E-state index in [0.29, 0.717) is 16.1 Å². The van der Waals surface area contributed by atoms with Gasteiger partial charge in [-0.15, -0.1) is 0 Å². The third-order valence-electron chi connectivity index (χ3n) is 5.74. The van der Waals surface area contributed by atoms with E-state index in [1.807, 2.05) is 6.92 Å². The SMILES string of the molecule is CC(=O)OC1c2ccccc2C(=O)N1C(=O)CC(NS(=O)(=O)c1ccc(C)cc1)c1ccc(Cl)cc1. The van der Waals surface area contributed by atoms with Crippen molar-refractivity contribution >= 4 is 39.4 Å². The number of imide groups is 1. The average Bonchev–Trinajstić information content (AvgIpc) is 3.10. The topological polar surface area (TPSA) is 110 Å². The molecule has 1 N–H and O–H groups in total. The van der Waals surface area contributed by atoms with Gasteiger partial charge in [-0.05, 0) is 42.8 Å². The third-order valence-corrected chi connectivity index (χ3v) is 7.48. The van der Waals surface area contributed by atoms with Crippen LogP contribution in [0.15, 0.2) is 77.7 Å². The van der Waals surface area contributed by atoms with Crippen molar-refractivity contribution in [3.05, 3.63) is 100 Å². The molecule has 1 aliphatic heterocycles. The van der Waals surface area contributed by atoms with Crippen LogP contribution in [-0.2, 0) is 24.3 Å². The van der Waals surface area contributed by atoms with Crippen molar-refractivity contribution in [1.82, 2.24) is 9.62 Å². The van der Waals surface area contributed by atoms with Crippen molar-refractivity contribution in [3.63, 3.8) is 0 Å². The average molecular weight is 527 g/mol. The van der Waals surface area contributed by atoms with Crippen LogP contribution in [0.3, 0.4) is 0 Å². The highest BCUT2D eigenvalue weighted by atomic mass is 35.5. The molecule has 186 valence electrons. The zero-order valence-corrected chi connectivity index (χ0v) is 21.0. The highest BCUT2D eigenvalue weighted by Gasteiger charge is 2.43. The minimum Gasteiger partial charge on any atom is -0.437 e. The quantitative estimate of drug-likeness (QED) is 0.460. The van der Waals surface area contributed by atoms with E-state index in [2.05, 4.69) is 4.72 Å². The van der Waals surface area contributed by atoms with Crippen molar-refractivity contribution in [2.75, 3.05) is 0 Å². The molecule has 4 rings (SSSR count). The van der Waals surface area contributed by atoms with E-state index in [0.717, 1.165) is 10.5 Å². The number of sulfonamides is 1. The predicted octanol–water partition coefficient (Wildman–Crippen LogP) is 4.30. The van der Waals surface area contributed by atoms with Crippen LogP contribution in [0.25, 0.3) is 0 Å². The summed E-state index contributed by atoms with van der Waals surface area (Å²) in [5, 5.41) is 0.435. The number of hydrogen-bond donors (Lipinski definition) is 1. The standard InChI is InChI=1S/C26H23ClN2O6S/c1-16-7-13-20(14-8-16)36(33,34)28-23(18-9-11-19(27)12-10-18)15-24(31)29-25(32)21-5-3-4-6-22(21)26(29)35-17(2)30/h3-14,23,26,28H,15H2,1-2H3. The van der Waals surface area contributed by atoms with Crippen molar-refractivity contribution in [2.45, 2.75) is 37.4 Å². The molecule has 3 aromatic rings. The van der Waals surface area contributed by atoms with E-state index in [1.54, 1.807) is 54.6 Å². The van der Waals surface area contributed by atoms with Crippen molar-refractivity contribution < 1.29 is 27.5 Å². The van der Waals surface area contributed by atoms with Gasteiger partial charge in [-0.3, -0.25) is 14.4 Å². The fraction of sp³-hybridized carbons (Fsp3) is 0.192. The molecule has 0 spiro atoms. The molecule has 1 heterocycles. The number of carbonyl (C=O) groups is 3. The van der Waals surface area contributed by atoms with Gasteiger partial charge in [0.2, 0.25) is 22.2 Å². The van der Waals surface area contributed by atoms with Gasteiger partial charge in [0.05, 0.1) is 10.9 Å². The van der Waals surface area contributed by atoms with Crippen LogP contribution in [0.1, 0.15) is 52.7 Å². The number of hydrogen-bond acceptors (Lipinski definition) is 6. The van der Waals surface area contributed by atoms with Gasteiger partial charge in [-0.25, -0.2) is 18.0 Å². The second kappa shape index (κ2) is 10.2. The van der Waals surface area contributed by atoms with E-state index >= 15 is 0 Å². The molecule has 2 amide bonds. The minimum atomic E-state index is -4.03. The number of rotatable bonds is 7. The van der Waals surface area contributed by atoms with Crippen molar-refractivity contribution in [2.24, 2.45) is 0 Å². The van der Waals surface area contributed by atoms with Crippen LogP contribution >= 0.6 is 11.6 Å². The van der Waals surface area contributed by atoms with Gasteiger partial charge in [0.25, 0.3) is 5.91 Å². The maximum absolute atomic E-state index is 13.5. The highest BCUT2D eigenvalue weighted by Crippen LogP contribution is 2.36. The Morgan fingerprint density at radius 2 is 1.67 bits per heavy atom. The van der Waals surface area contributed by atoms with E-state index in [4.69, 9.17) is 16.3 Å². The van der Waals surface area contributed by atoms with E-state index in [1.165, 1.54) is 25.1 Å². The first kappa shape index (κ1) is 25.6. The third kappa shape index (κ3) is 5.33. The number of fused-ring (bicyclic) bond motifs is 1. The lowest BCUT2D eigenvalue weighted by Crippen LogP contribution is -2.39. The van der Waals surface area contributed by atoms with E-state index in [-0.39, 0.29) is 10.5 Å². The second-order valence-electron chi connectivity index (χ2n) is 8.36. The lowest BCUT2D eigenvalue weighted by molar-refractivity contribution is -0.158. The Morgan fingerprint density at radius 3 is 2.31 bits per heavy atom. The molecule has 0 radical (unpaired) electrons. The summed E-state index contributed by atoms with van der Waals surface area (Å²) in [5.74, 6) is -2.01. The molecular formula is C26H23ClN2O6S. The Labute approximate surface area is 213 Å². The number of aryl methyl sites for hydroxylation is 1. The van der Waals surface area contributed by atoms with Gasteiger partial charge in [0.1, 0.15) is 0 Å². The van der Waals surface area contributed by atoms with Crippen molar-refractivity contribution in [3.8, 4) is 0 Å². The molecule has 2 unspecified atom stereocenters. The summed E-state index contributed by atoms with van der Waals surface area (Å²) in [6.07, 6.45) is -1.65. The van der Waals surface area contributed by atoms with Crippen LogP contribution in [0, 0.1) is 6.92 Å². The highest BCUT2D eigenvalue weighted by molar-refractivity contribution is 7.89. The van der Waals surface area contributed by atoms with Gasteiger partial charge in [-0.2, -0.15) is 0 Å². The molecule has 0 saturated carbocycles. The molecule has 2 atom stereocenters. The number of ether oxygens (including phenoxy) is 1. The molecule has 0 aliphatic carbocycles. The predicted molar refractivity (Wildman–Crippen MR) is 132 cm³/mol. The molecule has 0 saturated heterocycles. The Kier molecular flexibility index (Phi) is 7.26. The summed E-state index contributed by atoms with van der Waals surface area (Å²) in [5.41, 5.74) is 1.98. The number of amides is 2. The fourth-order valence-electron chi connectivity index (χ4n) is 3.97. The monoisotopic (exact) mass is 526 g/mol. The molecule has 36 heavy (non-hydrogen) atoms. The van der Waals surface area contributed by atoms with Gasteiger partial charge >= 0.3 is 5.97 Å². The largest absolute Gasteiger partial charge is 0.437 e. The molecule has 3 aromatic carbocycles. The maximum atomic E-state index is 13.5. The molecule has 1 aliphatic rings. The van der Waals surface area contributed by atoms with Gasteiger partial charge in [0, 0.05) is 29.5 Å². The van der Waals surface area contributed by atoms with Crippen molar-refractivity contribution in [1.29, 1.82) is 0 Å². The summed E-state index contributed by atoms with van der Waals surface area (Å²) < 4.78 is 34.2. The maximum Gasteiger partial charge on any atom is 0.304 e. The molecular weight excluding hydrogens is 504 g/mol. The summed E-state index contributed by atoms with van der Waals surface area (Å²) in [6.45, 7) is 3.02. The van der Waals surface area contributed by atoms with Gasteiger partial charge in [-0.1, -0.05) is 59.6 Å². The molecule has 0 bridgehead atoms. The smallest absolute Gasteiger partial charge is 0.304 e. The van der Waals surface area contributed by atoms with Crippen LogP contribution in [0.2, 0.25) is 5.02 Å². The zero-order valence-electron chi connectivity index (χ0n) is 19.5. The Balaban J connectivity index is 1.67. The number of carbonyl (C=O) groups excluding carboxylic acids is 3. The number of nitrogens with zero attached hydrogens (tertiary/aromatic N) is 1. The molecule has 0 aromatic heterocycles. The van der Waals surface area contributed by atoms with Crippen LogP contribution in [0.5, 0.6) is 0 Å². The summed E-state index contributed by atoms with van der Waals surface area (Å²) in [4.78, 5) is 39.2. The Morgan fingerprint density at radius 1 is 1.03 bits per heavy atom. The van der Waals surface area contributed by atoms with Crippen LogP contribution in [-0.4, -0.2) is 31.1 Å². The summed E-state index contributed by atoms with van der Waals surface area (Å²) in [7, 11) is -4.03. The Bertz CT molecular complexity index is 1420. The second-order valence-corrected chi connectivity index (χ2v) is 10.5. The molecule has 0 fully saturated rings. The first-order valence-electron chi connectivity index (χ1n) is 11.0. The summed E-state index contributed by atoms with van der Waals surface area (Å²) in [6, 6.07) is 18.0. The number of halogens is 1.